The van der Waals surface area contributed by atoms with Gasteiger partial charge in [-0.1, -0.05) is 21.6 Å². The molecular formula is C5H8OS2. The van der Waals surface area contributed by atoms with Crippen LogP contribution in [0.3, 0.4) is 0 Å². The van der Waals surface area contributed by atoms with Crippen molar-refractivity contribution in [2.75, 3.05) is 19.5 Å². The minimum Gasteiger partial charge on any atom is -0.380 e. The van der Waals surface area contributed by atoms with E-state index in [9.17, 15) is 0 Å². The largest absolute Gasteiger partial charge is 0.380 e. The maximum atomic E-state index is 4.93. The summed E-state index contributed by atoms with van der Waals surface area (Å²) in [4.78, 5) is 0. The van der Waals surface area contributed by atoms with E-state index in [-0.39, 0.29) is 0 Å². The Balaban J connectivity index is 2.23. The molecule has 0 N–H and O–H groups in total. The number of methoxy groups -OCH3 is 1. The molecule has 0 saturated heterocycles. The third-order valence-electron chi connectivity index (χ3n) is 0.857. The second-order valence-corrected chi connectivity index (χ2v) is 3.80. The van der Waals surface area contributed by atoms with Gasteiger partial charge in [0.25, 0.3) is 0 Å². The summed E-state index contributed by atoms with van der Waals surface area (Å²) >= 11 is 0. The minimum absolute atomic E-state index is 0.806. The maximum Gasteiger partial charge on any atom is 0.0689 e. The lowest BCUT2D eigenvalue weighted by atomic mass is 10.4. The van der Waals surface area contributed by atoms with E-state index in [1.54, 1.807) is 17.9 Å². The molecule has 1 rings (SSSR count). The van der Waals surface area contributed by atoms with Crippen LogP contribution in [0.2, 0.25) is 0 Å². The molecular weight excluding hydrogens is 140 g/mol. The van der Waals surface area contributed by atoms with E-state index >= 15 is 0 Å². The fraction of sp³-hybridized carbons (Fsp3) is 0.600. The molecule has 0 aromatic carbocycles. The van der Waals surface area contributed by atoms with Gasteiger partial charge in [0.2, 0.25) is 0 Å². The summed E-state index contributed by atoms with van der Waals surface area (Å²) in [5, 5.41) is 2.16. The van der Waals surface area contributed by atoms with Crippen LogP contribution in [0.25, 0.3) is 0 Å². The number of hydrogen-bond donors (Lipinski definition) is 0. The Bertz CT molecular complexity index is 101. The van der Waals surface area contributed by atoms with Crippen molar-refractivity contribution in [3.8, 4) is 0 Å². The Labute approximate surface area is 57.3 Å². The molecule has 1 nitrogen and oxygen atoms in total. The molecule has 0 aromatic heterocycles. The normalized spacial score (nSPS) is 18.9. The highest BCUT2D eigenvalue weighted by atomic mass is 33.1. The van der Waals surface area contributed by atoms with Crippen LogP contribution in [0.1, 0.15) is 0 Å². The molecule has 0 aliphatic carbocycles. The molecule has 0 bridgehead atoms. The van der Waals surface area contributed by atoms with E-state index < -0.39 is 0 Å². The molecule has 46 valence electrons. The Morgan fingerprint density at radius 3 is 3.25 bits per heavy atom. The Kier molecular flexibility index (Phi) is 2.80. The molecule has 0 aromatic rings. The quantitative estimate of drug-likeness (QED) is 0.554. The van der Waals surface area contributed by atoms with Crippen LogP contribution in [-0.4, -0.2) is 19.5 Å². The van der Waals surface area contributed by atoms with E-state index in [1.807, 2.05) is 10.8 Å². The van der Waals surface area contributed by atoms with Crippen molar-refractivity contribution >= 4 is 21.6 Å². The third kappa shape index (κ3) is 1.73. The molecule has 1 aliphatic rings. The van der Waals surface area contributed by atoms with E-state index in [2.05, 4.69) is 5.41 Å². The second-order valence-electron chi connectivity index (χ2n) is 1.57. The van der Waals surface area contributed by atoms with Gasteiger partial charge >= 0.3 is 0 Å². The number of hydrogen-bond acceptors (Lipinski definition) is 3. The highest BCUT2D eigenvalue weighted by Crippen LogP contribution is 2.33. The van der Waals surface area contributed by atoms with Crippen LogP contribution in [0.5, 0.6) is 0 Å². The zero-order valence-electron chi connectivity index (χ0n) is 4.72. The van der Waals surface area contributed by atoms with Gasteiger partial charge in [0.1, 0.15) is 0 Å². The molecule has 0 amide bonds. The van der Waals surface area contributed by atoms with Crippen LogP contribution in [0, 0.1) is 0 Å². The zero-order valence-corrected chi connectivity index (χ0v) is 6.35. The van der Waals surface area contributed by atoms with Crippen LogP contribution in [0.15, 0.2) is 11.0 Å². The molecule has 0 atom stereocenters. The summed E-state index contributed by atoms with van der Waals surface area (Å²) in [6.07, 6.45) is 0. The zero-order chi connectivity index (χ0) is 5.82. The summed E-state index contributed by atoms with van der Waals surface area (Å²) < 4.78 is 4.93. The van der Waals surface area contributed by atoms with Crippen molar-refractivity contribution in [2.24, 2.45) is 0 Å². The van der Waals surface area contributed by atoms with Crippen molar-refractivity contribution in [1.82, 2.24) is 0 Å². The molecule has 8 heavy (non-hydrogen) atoms. The lowest BCUT2D eigenvalue weighted by molar-refractivity contribution is 0.226. The third-order valence-corrected chi connectivity index (χ3v) is 2.96. The average Bonchev–Trinajstić information content (AvgIpc) is 2.19. The Hall–Kier alpha value is 0.400. The Morgan fingerprint density at radius 1 is 1.88 bits per heavy atom. The van der Waals surface area contributed by atoms with Gasteiger partial charge in [-0.2, -0.15) is 0 Å². The summed E-state index contributed by atoms with van der Waals surface area (Å²) in [6, 6.07) is 0. The van der Waals surface area contributed by atoms with Crippen LogP contribution in [0.4, 0.5) is 0 Å². The van der Waals surface area contributed by atoms with Gasteiger partial charge in [-0.15, -0.1) is 0 Å². The SMILES string of the molecule is COCC1=CSSC1. The van der Waals surface area contributed by atoms with Crippen molar-refractivity contribution in [1.29, 1.82) is 0 Å². The first-order valence-electron chi connectivity index (χ1n) is 2.38. The average molecular weight is 148 g/mol. The van der Waals surface area contributed by atoms with Gasteiger partial charge < -0.3 is 4.74 Å². The summed E-state index contributed by atoms with van der Waals surface area (Å²) in [7, 11) is 5.39. The smallest absolute Gasteiger partial charge is 0.0689 e. The van der Waals surface area contributed by atoms with E-state index in [0.717, 1.165) is 12.4 Å². The van der Waals surface area contributed by atoms with Crippen LogP contribution >= 0.6 is 21.6 Å². The molecule has 3 heteroatoms. The fourth-order valence-electron chi connectivity index (χ4n) is 0.507. The first-order valence-corrected chi connectivity index (χ1v) is 4.77. The van der Waals surface area contributed by atoms with Gasteiger partial charge in [0, 0.05) is 12.9 Å². The number of ether oxygens (including phenoxy) is 1. The predicted octanol–water partition coefficient (Wildman–Crippen LogP) is 1.91. The van der Waals surface area contributed by atoms with Gasteiger partial charge in [0.05, 0.1) is 6.61 Å². The molecule has 0 unspecified atom stereocenters. The van der Waals surface area contributed by atoms with E-state index in [1.165, 1.54) is 5.57 Å². The highest BCUT2D eigenvalue weighted by Gasteiger charge is 2.03. The lowest BCUT2D eigenvalue weighted by Crippen LogP contribution is -1.92. The second kappa shape index (κ2) is 3.43. The van der Waals surface area contributed by atoms with Gasteiger partial charge in [0.15, 0.2) is 0 Å². The van der Waals surface area contributed by atoms with Gasteiger partial charge in [-0.25, -0.2) is 0 Å². The lowest BCUT2D eigenvalue weighted by Gasteiger charge is -1.94. The molecule has 1 heterocycles. The topological polar surface area (TPSA) is 9.23 Å². The number of rotatable bonds is 2. The first-order chi connectivity index (χ1) is 3.93. The van der Waals surface area contributed by atoms with Crippen LogP contribution in [-0.2, 0) is 4.74 Å². The molecule has 1 aliphatic heterocycles. The van der Waals surface area contributed by atoms with Gasteiger partial charge in [-0.05, 0) is 11.0 Å². The summed E-state index contributed by atoms with van der Waals surface area (Å²) in [5.41, 5.74) is 1.41. The van der Waals surface area contributed by atoms with Crippen LogP contribution < -0.4 is 0 Å². The maximum absolute atomic E-state index is 4.93. The molecule has 0 radical (unpaired) electrons. The van der Waals surface area contributed by atoms with Crippen molar-refractivity contribution in [2.45, 2.75) is 0 Å². The Morgan fingerprint density at radius 2 is 2.75 bits per heavy atom. The fourth-order valence-corrected chi connectivity index (χ4v) is 2.62. The monoisotopic (exact) mass is 148 g/mol. The van der Waals surface area contributed by atoms with Crippen molar-refractivity contribution < 1.29 is 4.74 Å². The molecule has 0 fully saturated rings. The minimum atomic E-state index is 0.806. The first kappa shape index (κ1) is 6.52. The van der Waals surface area contributed by atoms with Gasteiger partial charge in [-0.3, -0.25) is 0 Å². The highest BCUT2D eigenvalue weighted by molar-refractivity contribution is 8.78. The van der Waals surface area contributed by atoms with Crippen molar-refractivity contribution in [3.05, 3.63) is 11.0 Å². The van der Waals surface area contributed by atoms with E-state index in [0.29, 0.717) is 0 Å². The molecule has 0 saturated carbocycles. The summed E-state index contributed by atoms with van der Waals surface area (Å²) in [5.74, 6) is 1.14. The summed E-state index contributed by atoms with van der Waals surface area (Å²) in [6.45, 7) is 0.806. The molecule has 0 spiro atoms. The van der Waals surface area contributed by atoms with Crippen molar-refractivity contribution in [3.63, 3.8) is 0 Å². The standard InChI is InChI=1S/C5H8OS2/c1-6-2-5-3-7-8-4-5/h3H,2,4H2,1H3. The predicted molar refractivity (Wildman–Crippen MR) is 40.0 cm³/mol. The van der Waals surface area contributed by atoms with E-state index in [4.69, 9.17) is 4.74 Å².